The standard InChI is InChI=1S/C10H11FO4/c1-5(12)2-6-3-7-10(15-4-14-7)8(11)9(6)13/h3,5,12-13H,2,4H2,1H3. The van der Waals surface area contributed by atoms with Gasteiger partial charge in [-0.1, -0.05) is 0 Å². The summed E-state index contributed by atoms with van der Waals surface area (Å²) < 4.78 is 23.3. The molecule has 1 aliphatic rings. The molecule has 0 fully saturated rings. The molecule has 0 radical (unpaired) electrons. The van der Waals surface area contributed by atoms with Crippen LogP contribution in [0.15, 0.2) is 6.07 Å². The summed E-state index contributed by atoms with van der Waals surface area (Å²) in [5.74, 6) is -1.12. The maximum absolute atomic E-state index is 13.5. The highest BCUT2D eigenvalue weighted by atomic mass is 19.1. The Morgan fingerprint density at radius 2 is 2.27 bits per heavy atom. The molecule has 0 aliphatic carbocycles. The lowest BCUT2D eigenvalue weighted by atomic mass is 10.1. The summed E-state index contributed by atoms with van der Waals surface area (Å²) in [7, 11) is 0. The van der Waals surface area contributed by atoms with Gasteiger partial charge in [-0.2, -0.15) is 4.39 Å². The normalized spacial score (nSPS) is 15.4. The lowest BCUT2D eigenvalue weighted by Gasteiger charge is -2.09. The second-order valence-corrected chi connectivity index (χ2v) is 3.49. The first-order chi connectivity index (χ1) is 7.09. The molecule has 2 rings (SSSR count). The topological polar surface area (TPSA) is 58.9 Å². The van der Waals surface area contributed by atoms with Gasteiger partial charge in [0.15, 0.2) is 11.5 Å². The predicted octanol–water partition coefficient (Wildman–Crippen LogP) is 1.18. The van der Waals surface area contributed by atoms with E-state index in [0.29, 0.717) is 5.56 Å². The molecule has 0 amide bonds. The molecule has 1 aliphatic heterocycles. The van der Waals surface area contributed by atoms with Crippen molar-refractivity contribution in [3.63, 3.8) is 0 Å². The van der Waals surface area contributed by atoms with Gasteiger partial charge in [0.1, 0.15) is 0 Å². The number of benzene rings is 1. The summed E-state index contributed by atoms with van der Waals surface area (Å²) >= 11 is 0. The summed E-state index contributed by atoms with van der Waals surface area (Å²) in [4.78, 5) is 0. The molecule has 15 heavy (non-hydrogen) atoms. The van der Waals surface area contributed by atoms with Crippen LogP contribution in [0.3, 0.4) is 0 Å². The van der Waals surface area contributed by atoms with E-state index in [4.69, 9.17) is 14.6 Å². The molecular formula is C10H11FO4. The molecule has 0 saturated carbocycles. The number of phenols is 1. The second-order valence-electron chi connectivity index (χ2n) is 3.49. The van der Waals surface area contributed by atoms with Crippen LogP contribution in [0.25, 0.3) is 0 Å². The molecule has 2 N–H and O–H groups in total. The third kappa shape index (κ3) is 1.70. The van der Waals surface area contributed by atoms with Crippen LogP contribution in [0.1, 0.15) is 12.5 Å². The summed E-state index contributed by atoms with van der Waals surface area (Å²) in [6.45, 7) is 1.51. The van der Waals surface area contributed by atoms with Gasteiger partial charge in [-0.15, -0.1) is 0 Å². The Morgan fingerprint density at radius 3 is 2.93 bits per heavy atom. The van der Waals surface area contributed by atoms with E-state index in [9.17, 15) is 9.50 Å². The fourth-order valence-electron chi connectivity index (χ4n) is 1.52. The van der Waals surface area contributed by atoms with Crippen LogP contribution in [0, 0.1) is 5.82 Å². The van der Waals surface area contributed by atoms with Crippen molar-refractivity contribution in [3.8, 4) is 17.2 Å². The van der Waals surface area contributed by atoms with Crippen LogP contribution >= 0.6 is 0 Å². The van der Waals surface area contributed by atoms with Gasteiger partial charge in [0.05, 0.1) is 6.10 Å². The molecule has 82 valence electrons. The second kappa shape index (κ2) is 3.58. The SMILES string of the molecule is CC(O)Cc1cc2c(c(F)c1O)OCO2. The summed E-state index contributed by atoms with van der Waals surface area (Å²) in [5, 5.41) is 18.7. The van der Waals surface area contributed by atoms with Crippen molar-refractivity contribution in [3.05, 3.63) is 17.4 Å². The Kier molecular flexibility index (Phi) is 2.40. The minimum absolute atomic E-state index is 0.0518. The average molecular weight is 214 g/mol. The van der Waals surface area contributed by atoms with E-state index in [1.807, 2.05) is 0 Å². The largest absolute Gasteiger partial charge is 0.505 e. The van der Waals surface area contributed by atoms with Crippen molar-refractivity contribution in [1.29, 1.82) is 0 Å². The first kappa shape index (κ1) is 10.0. The lowest BCUT2D eigenvalue weighted by molar-refractivity contribution is 0.170. The summed E-state index contributed by atoms with van der Waals surface area (Å²) in [6, 6.07) is 1.48. The lowest BCUT2D eigenvalue weighted by Crippen LogP contribution is -2.05. The van der Waals surface area contributed by atoms with Crippen LogP contribution in [0.2, 0.25) is 0 Å². The van der Waals surface area contributed by atoms with Gasteiger partial charge in [-0.05, 0) is 13.0 Å². The van der Waals surface area contributed by atoms with Crippen molar-refractivity contribution in [2.24, 2.45) is 0 Å². The number of halogens is 1. The van der Waals surface area contributed by atoms with Crippen molar-refractivity contribution < 1.29 is 24.1 Å². The number of phenolic OH excluding ortho intramolecular Hbond substituents is 1. The first-order valence-electron chi connectivity index (χ1n) is 4.57. The predicted molar refractivity (Wildman–Crippen MR) is 49.6 cm³/mol. The quantitative estimate of drug-likeness (QED) is 0.776. The Bertz CT molecular complexity index is 389. The van der Waals surface area contributed by atoms with Gasteiger partial charge in [0, 0.05) is 12.0 Å². The van der Waals surface area contributed by atoms with E-state index in [1.165, 1.54) is 6.07 Å². The minimum atomic E-state index is -0.833. The average Bonchev–Trinajstić information content (AvgIpc) is 2.61. The van der Waals surface area contributed by atoms with Crippen LogP contribution in [-0.2, 0) is 6.42 Å². The Balaban J connectivity index is 2.44. The van der Waals surface area contributed by atoms with Crippen LogP contribution in [-0.4, -0.2) is 23.1 Å². The minimum Gasteiger partial charge on any atom is -0.505 e. The van der Waals surface area contributed by atoms with Gasteiger partial charge in [-0.25, -0.2) is 0 Å². The monoisotopic (exact) mass is 214 g/mol. The number of aromatic hydroxyl groups is 1. The van der Waals surface area contributed by atoms with Gasteiger partial charge in [0.2, 0.25) is 18.4 Å². The van der Waals surface area contributed by atoms with Crippen molar-refractivity contribution >= 4 is 0 Å². The highest BCUT2D eigenvalue weighted by Gasteiger charge is 2.24. The number of ether oxygens (including phenoxy) is 2. The van der Waals surface area contributed by atoms with Crippen LogP contribution in [0.5, 0.6) is 17.2 Å². The number of hydrogen-bond donors (Lipinski definition) is 2. The highest BCUT2D eigenvalue weighted by Crippen LogP contribution is 2.41. The van der Waals surface area contributed by atoms with E-state index in [1.54, 1.807) is 6.92 Å². The Morgan fingerprint density at radius 1 is 1.53 bits per heavy atom. The summed E-state index contributed by atoms with van der Waals surface area (Å²) in [6.07, 6.45) is -0.491. The fraction of sp³-hybridized carbons (Fsp3) is 0.400. The number of aliphatic hydroxyl groups excluding tert-OH is 1. The molecule has 1 heterocycles. The molecule has 0 bridgehead atoms. The smallest absolute Gasteiger partial charge is 0.231 e. The molecule has 4 nitrogen and oxygen atoms in total. The molecule has 1 aromatic rings. The molecule has 0 saturated heterocycles. The van der Waals surface area contributed by atoms with E-state index in [2.05, 4.69) is 0 Å². The number of fused-ring (bicyclic) bond motifs is 1. The van der Waals surface area contributed by atoms with E-state index in [0.717, 1.165) is 0 Å². The fourth-order valence-corrected chi connectivity index (χ4v) is 1.52. The molecule has 0 aromatic heterocycles. The zero-order valence-corrected chi connectivity index (χ0v) is 8.16. The zero-order chi connectivity index (χ0) is 11.0. The highest BCUT2D eigenvalue weighted by molar-refractivity contribution is 5.52. The van der Waals surface area contributed by atoms with Gasteiger partial charge < -0.3 is 19.7 Å². The van der Waals surface area contributed by atoms with E-state index < -0.39 is 17.7 Å². The maximum atomic E-state index is 13.5. The van der Waals surface area contributed by atoms with Crippen molar-refractivity contribution in [2.45, 2.75) is 19.4 Å². The van der Waals surface area contributed by atoms with Crippen molar-refractivity contribution in [2.75, 3.05) is 6.79 Å². The molecule has 5 heteroatoms. The van der Waals surface area contributed by atoms with E-state index in [-0.39, 0.29) is 24.7 Å². The van der Waals surface area contributed by atoms with Gasteiger partial charge in [-0.3, -0.25) is 0 Å². The van der Waals surface area contributed by atoms with Crippen molar-refractivity contribution in [1.82, 2.24) is 0 Å². The first-order valence-corrected chi connectivity index (χ1v) is 4.57. The zero-order valence-electron chi connectivity index (χ0n) is 8.16. The van der Waals surface area contributed by atoms with Crippen LogP contribution in [0.4, 0.5) is 4.39 Å². The van der Waals surface area contributed by atoms with Gasteiger partial charge >= 0.3 is 0 Å². The number of aliphatic hydroxyl groups is 1. The molecule has 1 atom stereocenters. The maximum Gasteiger partial charge on any atom is 0.231 e. The third-order valence-electron chi connectivity index (χ3n) is 2.17. The summed E-state index contributed by atoms with van der Waals surface area (Å²) in [5.41, 5.74) is 0.312. The number of hydrogen-bond acceptors (Lipinski definition) is 4. The number of rotatable bonds is 2. The Labute approximate surface area is 85.9 Å². The third-order valence-corrected chi connectivity index (χ3v) is 2.17. The molecule has 0 spiro atoms. The molecular weight excluding hydrogens is 203 g/mol. The Hall–Kier alpha value is -1.49. The van der Waals surface area contributed by atoms with E-state index >= 15 is 0 Å². The molecule has 1 aromatic carbocycles. The molecule has 1 unspecified atom stereocenters. The van der Waals surface area contributed by atoms with Crippen LogP contribution < -0.4 is 9.47 Å². The van der Waals surface area contributed by atoms with Gasteiger partial charge in [0.25, 0.3) is 0 Å².